The third-order valence-corrected chi connectivity index (χ3v) is 4.03. The summed E-state index contributed by atoms with van der Waals surface area (Å²) in [7, 11) is 1.62. The number of fused-ring (bicyclic) bond motifs is 1. The lowest BCUT2D eigenvalue weighted by Gasteiger charge is -2.02. The van der Waals surface area contributed by atoms with E-state index in [1.165, 1.54) is 17.8 Å². The number of benzene rings is 2. The number of aromatic nitrogens is 2. The number of nitrogen functional groups attached to an aromatic ring is 1. The zero-order chi connectivity index (χ0) is 14.8. The Bertz CT molecular complexity index is 788. The molecule has 1 aromatic heterocycles. The summed E-state index contributed by atoms with van der Waals surface area (Å²) in [6.45, 7) is 0. The molecule has 0 unspecified atom stereocenters. The molecular formula is C15H14FN3OS. The summed E-state index contributed by atoms with van der Waals surface area (Å²) in [6.07, 6.45) is 0. The van der Waals surface area contributed by atoms with Gasteiger partial charge in [-0.2, -0.15) is 0 Å². The summed E-state index contributed by atoms with van der Waals surface area (Å²) >= 11 is 1.44. The van der Waals surface area contributed by atoms with E-state index in [4.69, 9.17) is 10.5 Å². The summed E-state index contributed by atoms with van der Waals surface area (Å²) in [5.74, 6) is 0.968. The second-order valence-corrected chi connectivity index (χ2v) is 5.53. The molecule has 0 aliphatic rings. The number of hydrogen-bond acceptors (Lipinski definition) is 4. The van der Waals surface area contributed by atoms with Gasteiger partial charge in [-0.15, -0.1) is 0 Å². The lowest BCUT2D eigenvalue weighted by atomic mass is 10.2. The van der Waals surface area contributed by atoms with Crippen LogP contribution in [0.2, 0.25) is 0 Å². The van der Waals surface area contributed by atoms with E-state index in [0.717, 1.165) is 21.9 Å². The first-order valence-corrected chi connectivity index (χ1v) is 7.35. The normalized spacial score (nSPS) is 11.0. The Balaban J connectivity index is 1.78. The van der Waals surface area contributed by atoms with Gasteiger partial charge in [-0.25, -0.2) is 9.37 Å². The molecule has 2 aromatic carbocycles. The van der Waals surface area contributed by atoms with Crippen molar-refractivity contribution in [3.63, 3.8) is 0 Å². The molecule has 1 heterocycles. The van der Waals surface area contributed by atoms with Crippen molar-refractivity contribution in [3.05, 3.63) is 47.8 Å². The lowest BCUT2D eigenvalue weighted by Crippen LogP contribution is -1.91. The van der Waals surface area contributed by atoms with E-state index in [-0.39, 0.29) is 5.82 Å². The van der Waals surface area contributed by atoms with Gasteiger partial charge in [0.2, 0.25) is 0 Å². The maximum atomic E-state index is 13.7. The molecule has 3 aromatic rings. The van der Waals surface area contributed by atoms with E-state index in [2.05, 4.69) is 9.97 Å². The molecule has 4 nitrogen and oxygen atoms in total. The summed E-state index contributed by atoms with van der Waals surface area (Å²) < 4.78 is 18.9. The zero-order valence-corrected chi connectivity index (χ0v) is 12.2. The van der Waals surface area contributed by atoms with Crippen molar-refractivity contribution in [2.45, 2.75) is 10.9 Å². The molecule has 108 valence electrons. The molecule has 0 aliphatic heterocycles. The number of methoxy groups -OCH3 is 1. The molecule has 0 spiro atoms. The number of halogens is 1. The second-order valence-electron chi connectivity index (χ2n) is 4.56. The Morgan fingerprint density at radius 3 is 2.90 bits per heavy atom. The van der Waals surface area contributed by atoms with Crippen LogP contribution in [-0.2, 0) is 5.75 Å². The highest BCUT2D eigenvalue weighted by atomic mass is 32.2. The predicted octanol–water partition coefficient (Wildman–Crippen LogP) is 3.59. The van der Waals surface area contributed by atoms with Crippen LogP contribution in [0.5, 0.6) is 5.75 Å². The molecule has 0 bridgehead atoms. The Hall–Kier alpha value is -2.21. The molecule has 0 saturated heterocycles. The number of aromatic amines is 1. The quantitative estimate of drug-likeness (QED) is 0.571. The van der Waals surface area contributed by atoms with Crippen molar-refractivity contribution in [2.75, 3.05) is 12.8 Å². The summed E-state index contributed by atoms with van der Waals surface area (Å²) in [5.41, 5.74) is 8.32. The fourth-order valence-electron chi connectivity index (χ4n) is 1.99. The molecule has 0 amide bonds. The number of ether oxygens (including phenoxy) is 1. The van der Waals surface area contributed by atoms with Gasteiger partial charge in [-0.05, 0) is 29.8 Å². The summed E-state index contributed by atoms with van der Waals surface area (Å²) in [4.78, 5) is 7.65. The summed E-state index contributed by atoms with van der Waals surface area (Å²) in [6, 6.07) is 10.4. The third kappa shape index (κ3) is 2.95. The highest BCUT2D eigenvalue weighted by molar-refractivity contribution is 7.98. The fourth-order valence-corrected chi connectivity index (χ4v) is 2.86. The van der Waals surface area contributed by atoms with Crippen molar-refractivity contribution in [2.24, 2.45) is 0 Å². The first-order valence-electron chi connectivity index (χ1n) is 6.36. The first kappa shape index (κ1) is 13.8. The molecule has 21 heavy (non-hydrogen) atoms. The van der Waals surface area contributed by atoms with Gasteiger partial charge in [-0.3, -0.25) is 0 Å². The second kappa shape index (κ2) is 5.65. The van der Waals surface area contributed by atoms with Crippen LogP contribution in [0.4, 0.5) is 10.1 Å². The minimum atomic E-state index is -0.291. The zero-order valence-electron chi connectivity index (χ0n) is 11.4. The molecule has 3 N–H and O–H groups in total. The number of rotatable bonds is 4. The maximum absolute atomic E-state index is 13.7. The average molecular weight is 303 g/mol. The maximum Gasteiger partial charge on any atom is 0.166 e. The molecular weight excluding hydrogens is 289 g/mol. The predicted molar refractivity (Wildman–Crippen MR) is 83.0 cm³/mol. The van der Waals surface area contributed by atoms with Crippen molar-refractivity contribution in [1.82, 2.24) is 9.97 Å². The van der Waals surface area contributed by atoms with Gasteiger partial charge in [0.05, 0.1) is 18.1 Å². The van der Waals surface area contributed by atoms with Crippen LogP contribution >= 0.6 is 11.8 Å². The number of anilines is 1. The molecule has 3 rings (SSSR count). The molecule has 0 radical (unpaired) electrons. The number of nitrogens with zero attached hydrogens (tertiary/aromatic N) is 1. The molecule has 0 aliphatic carbocycles. The van der Waals surface area contributed by atoms with E-state index >= 15 is 0 Å². The van der Waals surface area contributed by atoms with E-state index in [1.54, 1.807) is 19.2 Å². The number of thioether (sulfide) groups is 1. The number of nitrogens with two attached hydrogens (primary N) is 1. The van der Waals surface area contributed by atoms with Gasteiger partial charge >= 0.3 is 0 Å². The van der Waals surface area contributed by atoms with Gasteiger partial charge in [0.15, 0.2) is 5.16 Å². The van der Waals surface area contributed by atoms with Crippen molar-refractivity contribution in [3.8, 4) is 5.75 Å². The molecule has 0 fully saturated rings. The highest BCUT2D eigenvalue weighted by Crippen LogP contribution is 2.26. The topological polar surface area (TPSA) is 63.9 Å². The van der Waals surface area contributed by atoms with Gasteiger partial charge in [0, 0.05) is 17.5 Å². The standard InChI is InChI=1S/C15H14FN3OS/c1-20-11-4-5-13-14(7-11)19-15(18-13)21-8-9-2-3-10(17)6-12(9)16/h2-7H,8,17H2,1H3,(H,18,19). The molecule has 0 saturated carbocycles. The van der Waals surface area contributed by atoms with Crippen LogP contribution in [0.3, 0.4) is 0 Å². The number of H-pyrrole nitrogens is 1. The van der Waals surface area contributed by atoms with Crippen LogP contribution in [0, 0.1) is 5.82 Å². The third-order valence-electron chi connectivity index (χ3n) is 3.11. The average Bonchev–Trinajstić information content (AvgIpc) is 2.88. The van der Waals surface area contributed by atoms with Gasteiger partial charge in [0.1, 0.15) is 11.6 Å². The van der Waals surface area contributed by atoms with Crippen LogP contribution < -0.4 is 10.5 Å². The SMILES string of the molecule is COc1ccc2nc(SCc3ccc(N)cc3F)[nH]c2c1. The fraction of sp³-hybridized carbons (Fsp3) is 0.133. The Morgan fingerprint density at radius 2 is 2.14 bits per heavy atom. The van der Waals surface area contributed by atoms with Crippen LogP contribution in [0.25, 0.3) is 11.0 Å². The van der Waals surface area contributed by atoms with Gasteiger partial charge in [0.25, 0.3) is 0 Å². The highest BCUT2D eigenvalue weighted by Gasteiger charge is 2.07. The smallest absolute Gasteiger partial charge is 0.166 e. The molecule has 6 heteroatoms. The van der Waals surface area contributed by atoms with E-state index in [1.807, 2.05) is 18.2 Å². The largest absolute Gasteiger partial charge is 0.497 e. The van der Waals surface area contributed by atoms with E-state index in [9.17, 15) is 4.39 Å². The van der Waals surface area contributed by atoms with Crippen LogP contribution in [-0.4, -0.2) is 17.1 Å². The molecule has 0 atom stereocenters. The Morgan fingerprint density at radius 1 is 1.29 bits per heavy atom. The van der Waals surface area contributed by atoms with E-state index in [0.29, 0.717) is 17.0 Å². The van der Waals surface area contributed by atoms with Gasteiger partial charge in [-0.1, -0.05) is 17.8 Å². The summed E-state index contributed by atoms with van der Waals surface area (Å²) in [5, 5.41) is 0.745. The van der Waals surface area contributed by atoms with Crippen molar-refractivity contribution in [1.29, 1.82) is 0 Å². The minimum Gasteiger partial charge on any atom is -0.497 e. The minimum absolute atomic E-state index is 0.291. The Labute approximate surface area is 125 Å². The Kier molecular flexibility index (Phi) is 3.70. The lowest BCUT2D eigenvalue weighted by molar-refractivity contribution is 0.415. The van der Waals surface area contributed by atoms with Gasteiger partial charge < -0.3 is 15.5 Å². The van der Waals surface area contributed by atoms with Crippen LogP contribution in [0.1, 0.15) is 5.56 Å². The number of nitrogens with one attached hydrogen (secondary N) is 1. The van der Waals surface area contributed by atoms with Crippen LogP contribution in [0.15, 0.2) is 41.6 Å². The van der Waals surface area contributed by atoms with Crippen molar-refractivity contribution >= 4 is 28.5 Å². The number of imidazole rings is 1. The first-order chi connectivity index (χ1) is 10.2. The van der Waals surface area contributed by atoms with E-state index < -0.39 is 0 Å². The monoisotopic (exact) mass is 303 g/mol. The van der Waals surface area contributed by atoms with Crippen molar-refractivity contribution < 1.29 is 9.13 Å². The number of hydrogen-bond donors (Lipinski definition) is 2.